The van der Waals surface area contributed by atoms with Crippen molar-refractivity contribution in [2.24, 2.45) is 0 Å². The second-order valence-corrected chi connectivity index (χ2v) is 8.80. The van der Waals surface area contributed by atoms with Crippen LogP contribution in [0.25, 0.3) is 22.1 Å². The smallest absolute Gasteiger partial charge is 0.333 e. The first-order valence-corrected chi connectivity index (χ1v) is 10.8. The zero-order valence-corrected chi connectivity index (χ0v) is 19.3. The quantitative estimate of drug-likeness (QED) is 0.390. The van der Waals surface area contributed by atoms with Crippen LogP contribution in [0.3, 0.4) is 0 Å². The van der Waals surface area contributed by atoms with Crippen LogP contribution in [0, 0.1) is 0 Å². The molecule has 1 aliphatic rings. The summed E-state index contributed by atoms with van der Waals surface area (Å²) in [6.07, 6.45) is 0.966. The van der Waals surface area contributed by atoms with E-state index in [2.05, 4.69) is 0 Å². The predicted molar refractivity (Wildman–Crippen MR) is 125 cm³/mol. The summed E-state index contributed by atoms with van der Waals surface area (Å²) in [5.74, 6) is -0.604. The zero-order valence-electron chi connectivity index (χ0n) is 19.3. The molecule has 0 saturated heterocycles. The fourth-order valence-corrected chi connectivity index (χ4v) is 4.04. The molecule has 8 heteroatoms. The van der Waals surface area contributed by atoms with Gasteiger partial charge in [0.2, 0.25) is 0 Å². The van der Waals surface area contributed by atoms with Crippen molar-refractivity contribution in [2.75, 3.05) is 0 Å². The van der Waals surface area contributed by atoms with Crippen molar-refractivity contribution in [3.63, 3.8) is 0 Å². The number of esters is 1. The Morgan fingerprint density at radius 3 is 2.65 bits per heavy atom. The Kier molecular flexibility index (Phi) is 5.87. The third-order valence-electron chi connectivity index (χ3n) is 6.07. The highest BCUT2D eigenvalue weighted by Crippen LogP contribution is 2.50. The molecule has 3 aromatic rings. The summed E-state index contributed by atoms with van der Waals surface area (Å²) >= 11 is 0. The van der Waals surface area contributed by atoms with E-state index < -0.39 is 29.7 Å². The fraction of sp³-hybridized carbons (Fsp3) is 0.308. The highest BCUT2D eigenvalue weighted by molar-refractivity contribution is 6.01. The van der Waals surface area contributed by atoms with Gasteiger partial charge < -0.3 is 29.2 Å². The van der Waals surface area contributed by atoms with E-state index in [1.165, 1.54) is 12.1 Å². The standard InChI is InChI=1S/C26H26O8/c1-5-13(2)25(31)33-19-11-17-22(30)21-18(29)10-16(12-27)32-24(21)20(23(17)34-26(19,3)4)14-7-6-8-15(28)9-14/h5-10,19,27-28,30H,11-12H2,1-4H3. The van der Waals surface area contributed by atoms with Crippen LogP contribution >= 0.6 is 0 Å². The minimum Gasteiger partial charge on any atom is -0.508 e. The second-order valence-electron chi connectivity index (χ2n) is 8.80. The number of carbonyl (C=O) groups excluding carboxylic acids is 1. The van der Waals surface area contributed by atoms with Crippen LogP contribution in [0.2, 0.25) is 0 Å². The molecule has 1 aromatic heterocycles. The van der Waals surface area contributed by atoms with Crippen LogP contribution in [0.1, 0.15) is 39.0 Å². The number of aromatic hydroxyl groups is 2. The summed E-state index contributed by atoms with van der Waals surface area (Å²) in [5.41, 5.74) is 0.0118. The number of carbonyl (C=O) groups is 1. The molecule has 1 atom stereocenters. The first-order chi connectivity index (χ1) is 16.1. The first-order valence-electron chi connectivity index (χ1n) is 10.8. The number of aliphatic hydroxyl groups excluding tert-OH is 1. The van der Waals surface area contributed by atoms with Crippen molar-refractivity contribution in [3.8, 4) is 28.4 Å². The van der Waals surface area contributed by atoms with Gasteiger partial charge in [0.05, 0.1) is 5.56 Å². The average molecular weight is 466 g/mol. The van der Waals surface area contributed by atoms with Crippen molar-refractivity contribution >= 4 is 16.9 Å². The van der Waals surface area contributed by atoms with Crippen LogP contribution in [0.4, 0.5) is 0 Å². The van der Waals surface area contributed by atoms with Gasteiger partial charge in [-0.1, -0.05) is 18.2 Å². The molecule has 178 valence electrons. The zero-order chi connectivity index (χ0) is 24.8. The fourth-order valence-electron chi connectivity index (χ4n) is 4.04. The number of allylic oxidation sites excluding steroid dienone is 1. The third kappa shape index (κ3) is 3.90. The van der Waals surface area contributed by atoms with Gasteiger partial charge in [0.15, 0.2) is 11.0 Å². The van der Waals surface area contributed by atoms with Gasteiger partial charge in [0.25, 0.3) is 0 Å². The minimum atomic E-state index is -1.00. The summed E-state index contributed by atoms with van der Waals surface area (Å²) in [6, 6.07) is 7.42. The van der Waals surface area contributed by atoms with Gasteiger partial charge in [0, 0.05) is 23.6 Å². The molecule has 2 heterocycles. The molecule has 4 rings (SSSR count). The SMILES string of the molecule is CC=C(C)C(=O)OC1Cc2c(c(-c3cccc(O)c3)c3oc(CO)cc(=O)c3c2O)OC1(C)C. The lowest BCUT2D eigenvalue weighted by atomic mass is 9.86. The lowest BCUT2D eigenvalue weighted by molar-refractivity contribution is -0.156. The number of rotatable bonds is 4. The molecule has 0 bridgehead atoms. The van der Waals surface area contributed by atoms with Crippen molar-refractivity contribution in [1.29, 1.82) is 0 Å². The highest BCUT2D eigenvalue weighted by Gasteiger charge is 2.43. The van der Waals surface area contributed by atoms with Gasteiger partial charge in [-0.05, 0) is 45.4 Å². The number of aliphatic hydroxyl groups is 1. The van der Waals surface area contributed by atoms with Crippen molar-refractivity contribution in [2.45, 2.75) is 52.4 Å². The lowest BCUT2D eigenvalue weighted by Gasteiger charge is -2.40. The number of hydrogen-bond acceptors (Lipinski definition) is 8. The van der Waals surface area contributed by atoms with E-state index in [-0.39, 0.29) is 46.0 Å². The molecular weight excluding hydrogens is 440 g/mol. The number of phenols is 2. The van der Waals surface area contributed by atoms with E-state index in [1.807, 2.05) is 0 Å². The molecule has 34 heavy (non-hydrogen) atoms. The van der Waals surface area contributed by atoms with Crippen molar-refractivity contribution in [3.05, 3.63) is 63.5 Å². The predicted octanol–water partition coefficient (Wildman–Crippen LogP) is 3.96. The Bertz CT molecular complexity index is 1380. The van der Waals surface area contributed by atoms with E-state index in [0.717, 1.165) is 6.07 Å². The highest BCUT2D eigenvalue weighted by atomic mass is 16.6. The van der Waals surface area contributed by atoms with Crippen molar-refractivity contribution < 1.29 is 34.0 Å². The summed E-state index contributed by atoms with van der Waals surface area (Å²) in [5, 5.41) is 30.7. The maximum Gasteiger partial charge on any atom is 0.333 e. The second kappa shape index (κ2) is 8.53. The Morgan fingerprint density at radius 2 is 2.00 bits per heavy atom. The van der Waals surface area contributed by atoms with Gasteiger partial charge in [-0.3, -0.25) is 4.79 Å². The molecule has 1 aliphatic heterocycles. The molecule has 0 saturated carbocycles. The summed E-state index contributed by atoms with van der Waals surface area (Å²) in [4.78, 5) is 25.4. The summed E-state index contributed by atoms with van der Waals surface area (Å²) in [7, 11) is 0. The maximum absolute atomic E-state index is 12.9. The van der Waals surface area contributed by atoms with Crippen LogP contribution in [-0.2, 0) is 22.6 Å². The maximum atomic E-state index is 12.9. The average Bonchev–Trinajstić information content (AvgIpc) is 2.78. The normalized spacial score (nSPS) is 17.2. The number of phenolic OH excluding ortho intramolecular Hbond substituents is 2. The van der Waals surface area contributed by atoms with Gasteiger partial charge in [-0.15, -0.1) is 0 Å². The molecule has 0 radical (unpaired) electrons. The van der Waals surface area contributed by atoms with Crippen LogP contribution < -0.4 is 10.2 Å². The summed E-state index contributed by atoms with van der Waals surface area (Å²) < 4.78 is 17.8. The summed E-state index contributed by atoms with van der Waals surface area (Å²) in [6.45, 7) is 6.37. The Balaban J connectivity index is 2.02. The number of ether oxygens (including phenoxy) is 2. The molecule has 0 spiro atoms. The molecule has 3 N–H and O–H groups in total. The van der Waals surface area contributed by atoms with Crippen LogP contribution in [0.5, 0.6) is 17.2 Å². The number of benzene rings is 2. The van der Waals surface area contributed by atoms with Gasteiger partial charge >= 0.3 is 5.97 Å². The Labute approximate surface area is 195 Å². The number of fused-ring (bicyclic) bond motifs is 2. The topological polar surface area (TPSA) is 126 Å². The van der Waals surface area contributed by atoms with E-state index in [9.17, 15) is 24.9 Å². The molecule has 2 aromatic carbocycles. The molecule has 0 amide bonds. The first kappa shape index (κ1) is 23.4. The van der Waals surface area contributed by atoms with E-state index in [1.54, 1.807) is 45.9 Å². The van der Waals surface area contributed by atoms with E-state index >= 15 is 0 Å². The Morgan fingerprint density at radius 1 is 1.26 bits per heavy atom. The molecule has 0 fully saturated rings. The number of hydrogen-bond donors (Lipinski definition) is 3. The molecular formula is C26H26O8. The van der Waals surface area contributed by atoms with Crippen LogP contribution in [-0.4, -0.2) is 33.0 Å². The van der Waals surface area contributed by atoms with Crippen molar-refractivity contribution in [1.82, 2.24) is 0 Å². The van der Waals surface area contributed by atoms with Gasteiger partial charge in [0.1, 0.15) is 46.7 Å². The molecule has 1 unspecified atom stereocenters. The Hall–Kier alpha value is -3.78. The van der Waals surface area contributed by atoms with E-state index in [4.69, 9.17) is 13.9 Å². The van der Waals surface area contributed by atoms with Gasteiger partial charge in [-0.25, -0.2) is 4.79 Å². The largest absolute Gasteiger partial charge is 0.508 e. The minimum absolute atomic E-state index is 0.0157. The lowest BCUT2D eigenvalue weighted by Crippen LogP contribution is -2.49. The molecule has 8 nitrogen and oxygen atoms in total. The van der Waals surface area contributed by atoms with Gasteiger partial charge in [-0.2, -0.15) is 0 Å². The van der Waals surface area contributed by atoms with E-state index in [0.29, 0.717) is 16.7 Å². The molecule has 0 aliphatic carbocycles. The monoisotopic (exact) mass is 466 g/mol. The third-order valence-corrected chi connectivity index (χ3v) is 6.07. The van der Waals surface area contributed by atoms with Crippen LogP contribution in [0.15, 0.2) is 51.2 Å².